The second kappa shape index (κ2) is 8.05. The number of nitrogens with one attached hydrogen (secondary N) is 1. The van der Waals surface area contributed by atoms with Crippen LogP contribution in [0.25, 0.3) is 11.0 Å². The van der Waals surface area contributed by atoms with Crippen molar-refractivity contribution in [3.63, 3.8) is 0 Å². The van der Waals surface area contributed by atoms with Gasteiger partial charge in [0.1, 0.15) is 0 Å². The molecule has 8 heteroatoms. The number of hydrogen-bond donors (Lipinski definition) is 2. The fourth-order valence-electron chi connectivity index (χ4n) is 3.03. The van der Waals surface area contributed by atoms with Gasteiger partial charge in [-0.25, -0.2) is 9.59 Å². The van der Waals surface area contributed by atoms with Crippen LogP contribution in [-0.4, -0.2) is 31.2 Å². The highest BCUT2D eigenvalue weighted by molar-refractivity contribution is 5.95. The molecule has 0 radical (unpaired) electrons. The first-order valence-corrected chi connectivity index (χ1v) is 8.66. The summed E-state index contributed by atoms with van der Waals surface area (Å²) in [5.74, 6) is -0.750. The van der Waals surface area contributed by atoms with E-state index >= 15 is 0 Å². The number of aromatic carboxylic acids is 1. The third kappa shape index (κ3) is 3.91. The van der Waals surface area contributed by atoms with Gasteiger partial charge in [-0.1, -0.05) is 0 Å². The average molecular weight is 397 g/mol. The number of fused-ring (bicyclic) bond motifs is 1. The minimum atomic E-state index is -1.06. The topological polar surface area (TPSA) is 115 Å². The molecular formula is C21H19NO7. The number of anilines is 1. The van der Waals surface area contributed by atoms with E-state index in [1.165, 1.54) is 38.5 Å². The Kier molecular flexibility index (Phi) is 5.54. The molecule has 0 aliphatic carbocycles. The van der Waals surface area contributed by atoms with Gasteiger partial charge in [-0.15, -0.1) is 0 Å². The van der Waals surface area contributed by atoms with E-state index in [1.807, 2.05) is 0 Å². The highest BCUT2D eigenvalue weighted by Gasteiger charge is 2.19. The number of ether oxygens (including phenoxy) is 2. The van der Waals surface area contributed by atoms with E-state index < -0.39 is 17.5 Å². The molecule has 3 aromatic rings. The highest BCUT2D eigenvalue weighted by Crippen LogP contribution is 2.36. The van der Waals surface area contributed by atoms with Gasteiger partial charge in [0.15, 0.2) is 11.3 Å². The lowest BCUT2D eigenvalue weighted by Crippen LogP contribution is -2.20. The molecule has 1 amide bonds. The van der Waals surface area contributed by atoms with Crippen molar-refractivity contribution in [3.8, 4) is 11.5 Å². The summed E-state index contributed by atoms with van der Waals surface area (Å²) in [7, 11) is 2.93. The summed E-state index contributed by atoms with van der Waals surface area (Å²) in [5.41, 5.74) is 0.978. The van der Waals surface area contributed by atoms with Gasteiger partial charge in [0.05, 0.1) is 31.8 Å². The molecule has 0 aliphatic heterocycles. The van der Waals surface area contributed by atoms with Gasteiger partial charge in [-0.3, -0.25) is 4.79 Å². The SMILES string of the molecule is COc1ccc2c(C)c(CC(=O)Nc3ccc(C(=O)O)cc3)c(=O)oc2c1OC. The molecule has 0 atom stereocenters. The summed E-state index contributed by atoms with van der Waals surface area (Å²) in [6, 6.07) is 9.16. The van der Waals surface area contributed by atoms with Crippen LogP contribution in [0.4, 0.5) is 5.69 Å². The Morgan fingerprint density at radius 1 is 1.07 bits per heavy atom. The van der Waals surface area contributed by atoms with E-state index in [0.717, 1.165) is 0 Å². The minimum Gasteiger partial charge on any atom is -0.493 e. The Morgan fingerprint density at radius 3 is 2.34 bits per heavy atom. The molecule has 0 saturated carbocycles. The first kappa shape index (κ1) is 19.9. The third-order valence-electron chi connectivity index (χ3n) is 4.55. The van der Waals surface area contributed by atoms with Crippen LogP contribution < -0.4 is 20.4 Å². The molecule has 0 bridgehead atoms. The lowest BCUT2D eigenvalue weighted by Gasteiger charge is -2.13. The van der Waals surface area contributed by atoms with Crippen molar-refractivity contribution in [2.75, 3.05) is 19.5 Å². The molecular weight excluding hydrogens is 378 g/mol. The second-order valence-electron chi connectivity index (χ2n) is 6.28. The molecule has 1 aromatic heterocycles. The smallest absolute Gasteiger partial charge is 0.340 e. The summed E-state index contributed by atoms with van der Waals surface area (Å²) in [4.78, 5) is 35.8. The van der Waals surface area contributed by atoms with Crippen molar-refractivity contribution in [1.82, 2.24) is 0 Å². The maximum absolute atomic E-state index is 12.5. The first-order valence-electron chi connectivity index (χ1n) is 8.66. The van der Waals surface area contributed by atoms with Gasteiger partial charge >= 0.3 is 11.6 Å². The van der Waals surface area contributed by atoms with E-state index in [9.17, 15) is 14.4 Å². The standard InChI is InChI=1S/C21H19NO7/c1-11-14-8-9-16(27-2)19(28-3)18(14)29-21(26)15(11)10-17(23)22-13-6-4-12(5-7-13)20(24)25/h4-9H,10H2,1-3H3,(H,22,23)(H,24,25). The maximum atomic E-state index is 12.5. The molecule has 8 nitrogen and oxygen atoms in total. The van der Waals surface area contributed by atoms with Crippen LogP contribution in [0.15, 0.2) is 45.6 Å². The highest BCUT2D eigenvalue weighted by atomic mass is 16.5. The Labute approximate surface area is 165 Å². The third-order valence-corrected chi connectivity index (χ3v) is 4.55. The molecule has 0 spiro atoms. The van der Waals surface area contributed by atoms with Crippen molar-refractivity contribution >= 4 is 28.5 Å². The number of rotatable bonds is 6. The van der Waals surface area contributed by atoms with Crippen LogP contribution in [0, 0.1) is 6.92 Å². The van der Waals surface area contributed by atoms with Crippen LogP contribution in [0.2, 0.25) is 0 Å². The summed E-state index contributed by atoms with van der Waals surface area (Å²) < 4.78 is 16.0. The van der Waals surface area contributed by atoms with Crippen molar-refractivity contribution in [3.05, 3.63) is 63.5 Å². The zero-order chi connectivity index (χ0) is 21.1. The number of carboxylic acids is 1. The molecule has 0 saturated heterocycles. The largest absolute Gasteiger partial charge is 0.493 e. The zero-order valence-electron chi connectivity index (χ0n) is 16.1. The average Bonchev–Trinajstić information content (AvgIpc) is 2.70. The van der Waals surface area contributed by atoms with Gasteiger partial charge in [0.25, 0.3) is 0 Å². The van der Waals surface area contributed by atoms with Gasteiger partial charge in [-0.2, -0.15) is 0 Å². The number of carbonyl (C=O) groups is 2. The number of carboxylic acid groups (broad SMARTS) is 1. The summed E-state index contributed by atoms with van der Waals surface area (Å²) >= 11 is 0. The monoisotopic (exact) mass is 397 g/mol. The number of aryl methyl sites for hydroxylation is 1. The lowest BCUT2D eigenvalue weighted by atomic mass is 10.0. The van der Waals surface area contributed by atoms with Crippen LogP contribution in [0.1, 0.15) is 21.5 Å². The summed E-state index contributed by atoms with van der Waals surface area (Å²) in [6.07, 6.45) is -0.195. The molecule has 0 fully saturated rings. The van der Waals surface area contributed by atoms with E-state index in [-0.39, 0.29) is 23.1 Å². The lowest BCUT2D eigenvalue weighted by molar-refractivity contribution is -0.115. The fourth-order valence-corrected chi connectivity index (χ4v) is 3.03. The maximum Gasteiger partial charge on any atom is 0.340 e. The van der Waals surface area contributed by atoms with Crippen molar-refractivity contribution in [2.45, 2.75) is 13.3 Å². The van der Waals surface area contributed by atoms with Crippen LogP contribution in [-0.2, 0) is 11.2 Å². The Balaban J connectivity index is 1.90. The van der Waals surface area contributed by atoms with Crippen LogP contribution >= 0.6 is 0 Å². The zero-order valence-corrected chi connectivity index (χ0v) is 16.1. The number of benzene rings is 2. The Hall–Kier alpha value is -3.81. The van der Waals surface area contributed by atoms with Gasteiger partial charge in [-0.05, 0) is 48.9 Å². The fraction of sp³-hybridized carbons (Fsp3) is 0.190. The van der Waals surface area contributed by atoms with Crippen molar-refractivity contribution in [2.24, 2.45) is 0 Å². The molecule has 0 aliphatic rings. The normalized spacial score (nSPS) is 10.6. The molecule has 2 N–H and O–H groups in total. The number of methoxy groups -OCH3 is 2. The van der Waals surface area contributed by atoms with Crippen molar-refractivity contribution < 1.29 is 28.6 Å². The minimum absolute atomic E-state index is 0.110. The Bertz CT molecular complexity index is 1150. The molecule has 0 unspecified atom stereocenters. The second-order valence-corrected chi connectivity index (χ2v) is 6.28. The summed E-state index contributed by atoms with van der Waals surface area (Å²) in [6.45, 7) is 1.73. The molecule has 2 aromatic carbocycles. The van der Waals surface area contributed by atoms with Gasteiger partial charge in [0.2, 0.25) is 11.7 Å². The van der Waals surface area contributed by atoms with Gasteiger partial charge in [0, 0.05) is 11.1 Å². The van der Waals surface area contributed by atoms with E-state index in [2.05, 4.69) is 5.32 Å². The summed E-state index contributed by atoms with van der Waals surface area (Å²) in [5, 5.41) is 12.2. The predicted molar refractivity (Wildman–Crippen MR) is 106 cm³/mol. The number of amides is 1. The molecule has 150 valence electrons. The quantitative estimate of drug-likeness (QED) is 0.614. The van der Waals surface area contributed by atoms with Gasteiger partial charge < -0.3 is 24.3 Å². The Morgan fingerprint density at radius 2 is 1.76 bits per heavy atom. The number of hydrogen-bond acceptors (Lipinski definition) is 6. The molecule has 29 heavy (non-hydrogen) atoms. The van der Waals surface area contributed by atoms with Crippen molar-refractivity contribution in [1.29, 1.82) is 0 Å². The van der Waals surface area contributed by atoms with E-state index in [0.29, 0.717) is 28.1 Å². The van der Waals surface area contributed by atoms with Crippen LogP contribution in [0.5, 0.6) is 11.5 Å². The first-order chi connectivity index (χ1) is 13.8. The number of carbonyl (C=O) groups excluding carboxylic acids is 1. The van der Waals surface area contributed by atoms with E-state index in [4.69, 9.17) is 19.0 Å². The molecule has 1 heterocycles. The predicted octanol–water partition coefficient (Wildman–Crippen LogP) is 3.00. The van der Waals surface area contributed by atoms with Crippen LogP contribution in [0.3, 0.4) is 0 Å². The molecule has 3 rings (SSSR count). The van der Waals surface area contributed by atoms with E-state index in [1.54, 1.807) is 19.1 Å².